The van der Waals surface area contributed by atoms with Gasteiger partial charge in [-0.1, -0.05) is 11.6 Å². The van der Waals surface area contributed by atoms with Crippen LogP contribution < -0.4 is 0 Å². The van der Waals surface area contributed by atoms with Gasteiger partial charge in [-0.3, -0.25) is 0 Å². The maximum absolute atomic E-state index is 8.98. The fourth-order valence-electron chi connectivity index (χ4n) is 1.28. The predicted octanol–water partition coefficient (Wildman–Crippen LogP) is 1.41. The Morgan fingerprint density at radius 1 is 1.54 bits per heavy atom. The SMILES string of the molecule is Cc1nc(Cl)c2c(CO)c[nH]c2n1. The van der Waals surface area contributed by atoms with Crippen LogP contribution in [-0.2, 0) is 6.61 Å². The number of hydrogen-bond acceptors (Lipinski definition) is 3. The summed E-state index contributed by atoms with van der Waals surface area (Å²) in [6.45, 7) is 1.71. The molecule has 0 saturated heterocycles. The highest BCUT2D eigenvalue weighted by atomic mass is 35.5. The molecule has 0 spiro atoms. The fourth-order valence-corrected chi connectivity index (χ4v) is 1.61. The summed E-state index contributed by atoms with van der Waals surface area (Å²) >= 11 is 5.91. The Morgan fingerprint density at radius 2 is 2.31 bits per heavy atom. The molecule has 0 radical (unpaired) electrons. The first-order valence-corrected chi connectivity index (χ1v) is 4.21. The van der Waals surface area contributed by atoms with Crippen molar-refractivity contribution in [3.8, 4) is 0 Å². The van der Waals surface area contributed by atoms with Crippen LogP contribution in [-0.4, -0.2) is 20.1 Å². The monoisotopic (exact) mass is 197 g/mol. The molecule has 4 nitrogen and oxygen atoms in total. The van der Waals surface area contributed by atoms with E-state index in [0.29, 0.717) is 22.0 Å². The maximum Gasteiger partial charge on any atom is 0.142 e. The molecule has 5 heteroatoms. The molecule has 13 heavy (non-hydrogen) atoms. The minimum absolute atomic E-state index is 0.0634. The summed E-state index contributed by atoms with van der Waals surface area (Å²) in [5, 5.41) is 10.1. The van der Waals surface area contributed by atoms with Crippen LogP contribution in [0.15, 0.2) is 6.20 Å². The quantitative estimate of drug-likeness (QED) is 0.680. The lowest BCUT2D eigenvalue weighted by molar-refractivity contribution is 0.283. The highest BCUT2D eigenvalue weighted by Gasteiger charge is 2.09. The molecule has 0 amide bonds. The van der Waals surface area contributed by atoms with Crippen LogP contribution >= 0.6 is 11.6 Å². The van der Waals surface area contributed by atoms with E-state index in [1.54, 1.807) is 13.1 Å². The Labute approximate surface area is 79.6 Å². The Morgan fingerprint density at radius 3 is 3.00 bits per heavy atom. The zero-order valence-electron chi connectivity index (χ0n) is 7.00. The first-order chi connectivity index (χ1) is 6.22. The van der Waals surface area contributed by atoms with E-state index in [2.05, 4.69) is 15.0 Å². The van der Waals surface area contributed by atoms with Crippen LogP contribution in [0.5, 0.6) is 0 Å². The van der Waals surface area contributed by atoms with E-state index in [-0.39, 0.29) is 6.61 Å². The van der Waals surface area contributed by atoms with Crippen molar-refractivity contribution in [2.75, 3.05) is 0 Å². The predicted molar refractivity (Wildman–Crippen MR) is 49.6 cm³/mol. The molecule has 0 aliphatic heterocycles. The number of halogens is 1. The van der Waals surface area contributed by atoms with Gasteiger partial charge in [0.15, 0.2) is 0 Å². The van der Waals surface area contributed by atoms with Crippen molar-refractivity contribution < 1.29 is 5.11 Å². The second-order valence-corrected chi connectivity index (χ2v) is 3.12. The van der Waals surface area contributed by atoms with Gasteiger partial charge in [-0.2, -0.15) is 0 Å². The van der Waals surface area contributed by atoms with Gasteiger partial charge in [-0.25, -0.2) is 9.97 Å². The number of H-pyrrole nitrogens is 1. The van der Waals surface area contributed by atoms with Gasteiger partial charge in [0.2, 0.25) is 0 Å². The first kappa shape index (κ1) is 8.47. The molecule has 0 bridgehead atoms. The summed E-state index contributed by atoms with van der Waals surface area (Å²) in [6.07, 6.45) is 1.69. The zero-order valence-corrected chi connectivity index (χ0v) is 7.76. The maximum atomic E-state index is 8.98. The van der Waals surface area contributed by atoms with Gasteiger partial charge in [-0.15, -0.1) is 0 Å². The third kappa shape index (κ3) is 1.28. The lowest BCUT2D eigenvalue weighted by Crippen LogP contribution is -1.90. The van der Waals surface area contributed by atoms with E-state index in [1.807, 2.05) is 0 Å². The molecule has 0 fully saturated rings. The number of aliphatic hydroxyl groups is 1. The van der Waals surface area contributed by atoms with Gasteiger partial charge in [-0.05, 0) is 6.92 Å². The fraction of sp³-hybridized carbons (Fsp3) is 0.250. The van der Waals surface area contributed by atoms with E-state index < -0.39 is 0 Å². The van der Waals surface area contributed by atoms with Gasteiger partial charge < -0.3 is 10.1 Å². The number of aromatic nitrogens is 3. The number of aryl methyl sites for hydroxylation is 1. The van der Waals surface area contributed by atoms with Gasteiger partial charge >= 0.3 is 0 Å². The van der Waals surface area contributed by atoms with E-state index >= 15 is 0 Å². The molecule has 0 aliphatic rings. The Balaban J connectivity index is 2.82. The standard InChI is InChI=1S/C8H8ClN3O/c1-4-11-7(9)6-5(3-13)2-10-8(6)12-4/h2,13H,3H2,1H3,(H,10,11,12). The summed E-state index contributed by atoms with van der Waals surface area (Å²) in [4.78, 5) is 11.1. The van der Waals surface area contributed by atoms with Crippen molar-refractivity contribution in [3.63, 3.8) is 0 Å². The van der Waals surface area contributed by atoms with Crippen LogP contribution in [0.1, 0.15) is 11.4 Å². The zero-order chi connectivity index (χ0) is 9.42. The average Bonchev–Trinajstić information content (AvgIpc) is 2.47. The highest BCUT2D eigenvalue weighted by molar-refractivity contribution is 6.34. The molecular formula is C8H8ClN3O. The smallest absolute Gasteiger partial charge is 0.142 e. The number of aliphatic hydroxyl groups excluding tert-OH is 1. The third-order valence-electron chi connectivity index (χ3n) is 1.85. The molecular weight excluding hydrogens is 190 g/mol. The van der Waals surface area contributed by atoms with E-state index in [0.717, 1.165) is 5.56 Å². The Hall–Kier alpha value is -1.13. The van der Waals surface area contributed by atoms with Crippen LogP contribution in [0.2, 0.25) is 5.15 Å². The lowest BCUT2D eigenvalue weighted by atomic mass is 10.2. The molecule has 0 aliphatic carbocycles. The van der Waals surface area contributed by atoms with Gasteiger partial charge in [0, 0.05) is 11.8 Å². The topological polar surface area (TPSA) is 61.8 Å². The number of rotatable bonds is 1. The van der Waals surface area contributed by atoms with Crippen molar-refractivity contribution in [1.29, 1.82) is 0 Å². The van der Waals surface area contributed by atoms with Gasteiger partial charge in [0.25, 0.3) is 0 Å². The van der Waals surface area contributed by atoms with E-state index in [1.165, 1.54) is 0 Å². The largest absolute Gasteiger partial charge is 0.392 e. The highest BCUT2D eigenvalue weighted by Crippen LogP contribution is 2.23. The minimum Gasteiger partial charge on any atom is -0.392 e. The van der Waals surface area contributed by atoms with Crippen molar-refractivity contribution in [3.05, 3.63) is 22.7 Å². The molecule has 2 aromatic rings. The molecule has 2 heterocycles. The summed E-state index contributed by atoms with van der Waals surface area (Å²) in [5.74, 6) is 0.615. The first-order valence-electron chi connectivity index (χ1n) is 3.83. The van der Waals surface area contributed by atoms with Crippen molar-refractivity contribution >= 4 is 22.6 Å². The second kappa shape index (κ2) is 2.97. The molecule has 2 N–H and O–H groups in total. The molecule has 2 aromatic heterocycles. The number of aromatic amines is 1. The summed E-state index contributed by atoms with van der Waals surface area (Å²) in [7, 11) is 0. The summed E-state index contributed by atoms with van der Waals surface area (Å²) in [5.41, 5.74) is 1.39. The number of nitrogens with zero attached hydrogens (tertiary/aromatic N) is 2. The van der Waals surface area contributed by atoms with E-state index in [4.69, 9.17) is 16.7 Å². The van der Waals surface area contributed by atoms with Gasteiger partial charge in [0.05, 0.1) is 12.0 Å². The average molecular weight is 198 g/mol. The van der Waals surface area contributed by atoms with Gasteiger partial charge in [0.1, 0.15) is 16.6 Å². The van der Waals surface area contributed by atoms with Crippen molar-refractivity contribution in [2.24, 2.45) is 0 Å². The summed E-state index contributed by atoms with van der Waals surface area (Å²) < 4.78 is 0. The van der Waals surface area contributed by atoms with Crippen LogP contribution in [0, 0.1) is 6.92 Å². The van der Waals surface area contributed by atoms with Crippen LogP contribution in [0.4, 0.5) is 0 Å². The minimum atomic E-state index is -0.0634. The summed E-state index contributed by atoms with van der Waals surface area (Å²) in [6, 6.07) is 0. The Kier molecular flexibility index (Phi) is 1.94. The van der Waals surface area contributed by atoms with Crippen molar-refractivity contribution in [2.45, 2.75) is 13.5 Å². The van der Waals surface area contributed by atoms with Crippen molar-refractivity contribution in [1.82, 2.24) is 15.0 Å². The molecule has 2 rings (SSSR count). The van der Waals surface area contributed by atoms with Crippen LogP contribution in [0.25, 0.3) is 11.0 Å². The Bertz CT molecular complexity index is 452. The molecule has 0 atom stereocenters. The third-order valence-corrected chi connectivity index (χ3v) is 2.12. The normalized spacial score (nSPS) is 11.0. The second-order valence-electron chi connectivity index (χ2n) is 2.76. The molecule has 0 unspecified atom stereocenters. The molecule has 0 saturated carbocycles. The number of hydrogen-bond donors (Lipinski definition) is 2. The van der Waals surface area contributed by atoms with Crippen LogP contribution in [0.3, 0.4) is 0 Å². The molecule has 0 aromatic carbocycles. The number of fused-ring (bicyclic) bond motifs is 1. The number of nitrogens with one attached hydrogen (secondary N) is 1. The van der Waals surface area contributed by atoms with E-state index in [9.17, 15) is 0 Å². The lowest BCUT2D eigenvalue weighted by Gasteiger charge is -1.97. The molecule has 68 valence electrons.